The van der Waals surface area contributed by atoms with Crippen molar-refractivity contribution in [2.45, 2.75) is 43.2 Å². The predicted molar refractivity (Wildman–Crippen MR) is 109 cm³/mol. The van der Waals surface area contributed by atoms with Crippen molar-refractivity contribution in [3.63, 3.8) is 0 Å². The molecule has 0 bridgehead atoms. The summed E-state index contributed by atoms with van der Waals surface area (Å²) in [6.07, 6.45) is 0. The number of benzene rings is 1. The fourth-order valence-corrected chi connectivity index (χ4v) is 4.05. The van der Waals surface area contributed by atoms with Crippen LogP contribution >= 0.6 is 23.1 Å². The van der Waals surface area contributed by atoms with Crippen LogP contribution in [0.5, 0.6) is 0 Å². The highest BCUT2D eigenvalue weighted by Gasteiger charge is 2.22. The summed E-state index contributed by atoms with van der Waals surface area (Å²) >= 11 is 2.82. The van der Waals surface area contributed by atoms with Crippen LogP contribution in [0.4, 0.5) is 10.8 Å². The van der Waals surface area contributed by atoms with Gasteiger partial charge in [0.1, 0.15) is 5.82 Å². The minimum atomic E-state index is -0.280. The Bertz CT molecular complexity index is 986. The van der Waals surface area contributed by atoms with Gasteiger partial charge in [0.25, 0.3) is 5.91 Å². The van der Waals surface area contributed by atoms with E-state index >= 15 is 0 Å². The molecular weight excluding hydrogens is 380 g/mol. The van der Waals surface area contributed by atoms with Crippen LogP contribution in [-0.2, 0) is 12.5 Å². The molecule has 1 amide bonds. The molecule has 0 aliphatic heterocycles. The Morgan fingerprint density at radius 3 is 2.63 bits per heavy atom. The Labute approximate surface area is 166 Å². The van der Waals surface area contributed by atoms with Crippen molar-refractivity contribution in [2.75, 3.05) is 11.1 Å². The van der Waals surface area contributed by atoms with Crippen LogP contribution in [0, 0.1) is 6.92 Å². The quantitative estimate of drug-likeness (QED) is 0.643. The van der Waals surface area contributed by atoms with E-state index in [0.717, 1.165) is 21.6 Å². The summed E-state index contributed by atoms with van der Waals surface area (Å²) in [6, 6.07) is 5.36. The maximum Gasteiger partial charge on any atom is 0.259 e. The molecule has 7 nitrogen and oxygen atoms in total. The van der Waals surface area contributed by atoms with E-state index in [1.165, 1.54) is 23.1 Å². The Kier molecular flexibility index (Phi) is 5.25. The van der Waals surface area contributed by atoms with Gasteiger partial charge in [0, 0.05) is 28.4 Å². The van der Waals surface area contributed by atoms with Crippen LogP contribution in [0.3, 0.4) is 0 Å². The highest BCUT2D eigenvalue weighted by Crippen LogP contribution is 2.31. The molecule has 27 heavy (non-hydrogen) atoms. The number of hydrogen-bond acceptors (Lipinski definition) is 7. The molecule has 142 valence electrons. The standard InChI is InChI=1S/C18H22N6OS2/c1-10-9-26-16(20-10)21-14(25)12-8-11(6-7-13(12)19)27-17-23-22-15(24(17)5)18(2,3)4/h6-9H,19H2,1-5H3,(H,20,21,25). The van der Waals surface area contributed by atoms with Crippen molar-refractivity contribution < 1.29 is 4.79 Å². The molecule has 0 radical (unpaired) electrons. The van der Waals surface area contributed by atoms with E-state index in [0.29, 0.717) is 16.4 Å². The summed E-state index contributed by atoms with van der Waals surface area (Å²) in [7, 11) is 1.94. The number of amides is 1. The number of carbonyl (C=O) groups excluding carboxylic acids is 1. The lowest BCUT2D eigenvalue weighted by molar-refractivity contribution is 0.102. The van der Waals surface area contributed by atoms with E-state index in [2.05, 4.69) is 41.3 Å². The first-order chi connectivity index (χ1) is 12.6. The first-order valence-electron chi connectivity index (χ1n) is 8.36. The second kappa shape index (κ2) is 7.32. The summed E-state index contributed by atoms with van der Waals surface area (Å²) in [5, 5.41) is 14.6. The van der Waals surface area contributed by atoms with Crippen LogP contribution in [0.25, 0.3) is 0 Å². The molecule has 0 spiro atoms. The van der Waals surface area contributed by atoms with Gasteiger partial charge in [-0.2, -0.15) is 0 Å². The number of thiazole rings is 1. The number of aromatic nitrogens is 4. The molecule has 0 aliphatic rings. The fourth-order valence-electron chi connectivity index (χ4n) is 2.53. The lowest BCUT2D eigenvalue weighted by Crippen LogP contribution is -2.17. The molecule has 2 heterocycles. The third kappa shape index (κ3) is 4.30. The van der Waals surface area contributed by atoms with Gasteiger partial charge in [0.15, 0.2) is 10.3 Å². The minimum absolute atomic E-state index is 0.0987. The zero-order valence-corrected chi connectivity index (χ0v) is 17.5. The number of aryl methyl sites for hydroxylation is 1. The summed E-state index contributed by atoms with van der Waals surface area (Å²) in [4.78, 5) is 17.7. The SMILES string of the molecule is Cc1csc(NC(=O)c2cc(Sc3nnc(C(C)(C)C)n3C)ccc2N)n1. The Hall–Kier alpha value is -2.39. The van der Waals surface area contributed by atoms with Gasteiger partial charge in [0.2, 0.25) is 0 Å². The number of nitrogens with zero attached hydrogens (tertiary/aromatic N) is 4. The van der Waals surface area contributed by atoms with Crippen molar-refractivity contribution in [1.82, 2.24) is 19.7 Å². The van der Waals surface area contributed by atoms with Crippen molar-refractivity contribution in [3.05, 3.63) is 40.7 Å². The Balaban J connectivity index is 1.83. The molecule has 3 aromatic rings. The largest absolute Gasteiger partial charge is 0.398 e. The van der Waals surface area contributed by atoms with Crippen LogP contribution < -0.4 is 11.1 Å². The van der Waals surface area contributed by atoms with Crippen LogP contribution in [0.15, 0.2) is 33.6 Å². The molecule has 1 aromatic carbocycles. The van der Waals surface area contributed by atoms with Gasteiger partial charge in [-0.3, -0.25) is 10.1 Å². The second-order valence-electron chi connectivity index (χ2n) is 7.21. The normalized spacial score (nSPS) is 11.6. The van der Waals surface area contributed by atoms with Gasteiger partial charge in [-0.15, -0.1) is 21.5 Å². The Morgan fingerprint density at radius 1 is 1.30 bits per heavy atom. The lowest BCUT2D eigenvalue weighted by Gasteiger charge is -2.17. The van der Waals surface area contributed by atoms with Gasteiger partial charge < -0.3 is 10.3 Å². The number of nitrogens with one attached hydrogen (secondary N) is 1. The molecular formula is C18H22N6OS2. The molecule has 0 saturated carbocycles. The third-order valence-corrected chi connectivity index (χ3v) is 5.73. The zero-order valence-electron chi connectivity index (χ0n) is 15.9. The number of nitrogens with two attached hydrogens (primary N) is 1. The smallest absolute Gasteiger partial charge is 0.259 e. The lowest BCUT2D eigenvalue weighted by atomic mass is 9.96. The van der Waals surface area contributed by atoms with Gasteiger partial charge in [-0.25, -0.2) is 4.98 Å². The van der Waals surface area contributed by atoms with Gasteiger partial charge in [0.05, 0.1) is 11.3 Å². The molecule has 0 saturated heterocycles. The molecule has 0 fully saturated rings. The maximum absolute atomic E-state index is 12.6. The van der Waals surface area contributed by atoms with Crippen molar-refractivity contribution in [2.24, 2.45) is 7.05 Å². The molecule has 9 heteroatoms. The first-order valence-corrected chi connectivity index (χ1v) is 10.1. The average molecular weight is 403 g/mol. The van der Waals surface area contributed by atoms with Crippen LogP contribution in [0.2, 0.25) is 0 Å². The van der Waals surface area contributed by atoms with E-state index in [-0.39, 0.29) is 11.3 Å². The molecule has 0 atom stereocenters. The van der Waals surface area contributed by atoms with E-state index in [9.17, 15) is 4.79 Å². The second-order valence-corrected chi connectivity index (χ2v) is 9.11. The summed E-state index contributed by atoms with van der Waals surface area (Å²) < 4.78 is 1.97. The van der Waals surface area contributed by atoms with Gasteiger partial charge in [-0.1, -0.05) is 20.8 Å². The Morgan fingerprint density at radius 2 is 2.04 bits per heavy atom. The summed E-state index contributed by atoms with van der Waals surface area (Å²) in [5.41, 5.74) is 7.60. The van der Waals surface area contributed by atoms with Gasteiger partial charge >= 0.3 is 0 Å². The van der Waals surface area contributed by atoms with Crippen molar-refractivity contribution >= 4 is 39.8 Å². The van der Waals surface area contributed by atoms with E-state index in [1.54, 1.807) is 12.1 Å². The highest BCUT2D eigenvalue weighted by molar-refractivity contribution is 7.99. The minimum Gasteiger partial charge on any atom is -0.398 e. The number of carbonyl (C=O) groups is 1. The number of nitrogen functional groups attached to an aromatic ring is 1. The topological polar surface area (TPSA) is 98.7 Å². The average Bonchev–Trinajstić information content (AvgIpc) is 3.15. The molecule has 0 aliphatic carbocycles. The zero-order chi connectivity index (χ0) is 19.8. The van der Waals surface area contributed by atoms with Crippen LogP contribution in [-0.4, -0.2) is 25.7 Å². The van der Waals surface area contributed by atoms with Crippen LogP contribution in [0.1, 0.15) is 42.6 Å². The van der Waals surface area contributed by atoms with E-state index in [4.69, 9.17) is 5.73 Å². The van der Waals surface area contributed by atoms with E-state index < -0.39 is 0 Å². The van der Waals surface area contributed by atoms with Crippen molar-refractivity contribution in [1.29, 1.82) is 0 Å². The first kappa shape index (κ1) is 19.4. The third-order valence-electron chi connectivity index (χ3n) is 3.82. The summed E-state index contributed by atoms with van der Waals surface area (Å²) in [5.74, 6) is 0.621. The highest BCUT2D eigenvalue weighted by atomic mass is 32.2. The monoisotopic (exact) mass is 402 g/mol. The molecule has 0 unspecified atom stereocenters. The summed E-state index contributed by atoms with van der Waals surface area (Å²) in [6.45, 7) is 8.16. The molecule has 3 N–H and O–H groups in total. The number of anilines is 2. The molecule has 3 rings (SSSR count). The number of hydrogen-bond donors (Lipinski definition) is 2. The predicted octanol–water partition coefficient (Wildman–Crippen LogP) is 3.86. The fraction of sp³-hybridized carbons (Fsp3) is 0.333. The van der Waals surface area contributed by atoms with E-state index in [1.807, 2.05) is 30.0 Å². The van der Waals surface area contributed by atoms with Gasteiger partial charge in [-0.05, 0) is 36.9 Å². The number of rotatable bonds is 4. The van der Waals surface area contributed by atoms with Crippen molar-refractivity contribution in [3.8, 4) is 0 Å². The molecule has 2 aromatic heterocycles. The maximum atomic E-state index is 12.6.